The normalized spacial score (nSPS) is 10.4. The molecule has 0 aliphatic rings. The molecule has 0 spiro atoms. The van der Waals surface area contributed by atoms with Gasteiger partial charge in [-0.2, -0.15) is 0 Å². The van der Waals surface area contributed by atoms with E-state index in [1.165, 1.54) is 18.5 Å². The molecule has 148 valence electrons. The van der Waals surface area contributed by atoms with Gasteiger partial charge in [-0.05, 0) is 36.2 Å². The zero-order valence-corrected chi connectivity index (χ0v) is 16.4. The van der Waals surface area contributed by atoms with E-state index in [9.17, 15) is 9.59 Å². The van der Waals surface area contributed by atoms with Crippen LogP contribution in [0.3, 0.4) is 0 Å². The minimum atomic E-state index is -0.375. The molecule has 1 heterocycles. The van der Waals surface area contributed by atoms with E-state index in [-0.39, 0.29) is 17.4 Å². The highest BCUT2D eigenvalue weighted by Gasteiger charge is 2.14. The summed E-state index contributed by atoms with van der Waals surface area (Å²) in [5.41, 5.74) is 1.15. The van der Waals surface area contributed by atoms with Gasteiger partial charge in [0.15, 0.2) is 5.75 Å². The highest BCUT2D eigenvalue weighted by atomic mass is 16.5. The van der Waals surface area contributed by atoms with Crippen molar-refractivity contribution in [2.45, 2.75) is 13.8 Å². The Morgan fingerprint density at radius 2 is 1.59 bits per heavy atom. The maximum absolute atomic E-state index is 12.7. The highest BCUT2D eigenvalue weighted by molar-refractivity contribution is 6.06. The van der Waals surface area contributed by atoms with Crippen LogP contribution in [0.15, 0.2) is 73.1 Å². The van der Waals surface area contributed by atoms with Crippen LogP contribution in [-0.2, 0) is 0 Å². The number of anilines is 1. The predicted octanol–water partition coefficient (Wildman–Crippen LogP) is 4.51. The lowest BCUT2D eigenvalue weighted by Crippen LogP contribution is -2.27. The molecule has 0 atom stereocenters. The third-order valence-electron chi connectivity index (χ3n) is 4.04. The molecule has 0 bridgehead atoms. The maximum Gasteiger partial charge on any atom is 0.257 e. The fourth-order valence-electron chi connectivity index (χ4n) is 2.56. The Balaban J connectivity index is 1.74. The third kappa shape index (κ3) is 5.65. The molecule has 6 heteroatoms. The summed E-state index contributed by atoms with van der Waals surface area (Å²) in [6.45, 7) is 4.58. The van der Waals surface area contributed by atoms with Crippen LogP contribution in [0.4, 0.5) is 5.69 Å². The molecule has 0 aliphatic carbocycles. The van der Waals surface area contributed by atoms with Crippen molar-refractivity contribution in [2.75, 3.05) is 11.9 Å². The van der Waals surface area contributed by atoms with Crippen LogP contribution in [0.2, 0.25) is 0 Å². The lowest BCUT2D eigenvalue weighted by Gasteiger charge is -2.12. The van der Waals surface area contributed by atoms with E-state index in [2.05, 4.69) is 15.6 Å². The number of aromatic nitrogens is 1. The van der Waals surface area contributed by atoms with E-state index < -0.39 is 0 Å². The fraction of sp³-hybridized carbons (Fsp3) is 0.174. The van der Waals surface area contributed by atoms with Crippen LogP contribution < -0.4 is 15.4 Å². The molecular formula is C23H23N3O3. The van der Waals surface area contributed by atoms with Gasteiger partial charge in [-0.3, -0.25) is 14.6 Å². The lowest BCUT2D eigenvalue weighted by atomic mass is 10.1. The molecule has 0 saturated carbocycles. The van der Waals surface area contributed by atoms with Crippen molar-refractivity contribution in [1.82, 2.24) is 10.3 Å². The first-order valence-corrected chi connectivity index (χ1v) is 9.39. The summed E-state index contributed by atoms with van der Waals surface area (Å²) < 4.78 is 5.87. The Hall–Kier alpha value is -3.67. The van der Waals surface area contributed by atoms with Crippen molar-refractivity contribution in [1.29, 1.82) is 0 Å². The molecular weight excluding hydrogens is 366 g/mol. The molecule has 2 N–H and O–H groups in total. The molecule has 0 saturated heterocycles. The van der Waals surface area contributed by atoms with Crippen molar-refractivity contribution in [3.63, 3.8) is 0 Å². The van der Waals surface area contributed by atoms with Crippen molar-refractivity contribution in [2.24, 2.45) is 5.92 Å². The highest BCUT2D eigenvalue weighted by Crippen LogP contribution is 2.29. The average Bonchev–Trinajstić information content (AvgIpc) is 2.74. The zero-order valence-electron chi connectivity index (χ0n) is 16.4. The van der Waals surface area contributed by atoms with Gasteiger partial charge in [0.2, 0.25) is 0 Å². The molecule has 1 aromatic heterocycles. The maximum atomic E-state index is 12.7. The van der Waals surface area contributed by atoms with Crippen LogP contribution in [0.1, 0.15) is 34.6 Å². The standard InChI is InChI=1S/C23H23N3O3/c1-16(2)13-25-22(27)17-12-18(15-24-14-17)23(28)26-20-10-6-7-11-21(20)29-19-8-4-3-5-9-19/h3-12,14-16H,13H2,1-2H3,(H,25,27)(H,26,28). The lowest BCUT2D eigenvalue weighted by molar-refractivity contribution is 0.0948. The number of nitrogens with zero attached hydrogens (tertiary/aromatic N) is 1. The zero-order chi connectivity index (χ0) is 20.6. The van der Waals surface area contributed by atoms with Crippen molar-refractivity contribution in [3.8, 4) is 11.5 Å². The Bertz CT molecular complexity index is 987. The number of rotatable bonds is 7. The van der Waals surface area contributed by atoms with Gasteiger partial charge < -0.3 is 15.4 Å². The third-order valence-corrected chi connectivity index (χ3v) is 4.04. The summed E-state index contributed by atoms with van der Waals surface area (Å²) in [5, 5.41) is 5.65. The van der Waals surface area contributed by atoms with Crippen molar-refractivity contribution in [3.05, 3.63) is 84.2 Å². The summed E-state index contributed by atoms with van der Waals surface area (Å²) in [6.07, 6.45) is 2.87. The summed E-state index contributed by atoms with van der Waals surface area (Å²) in [4.78, 5) is 29.0. The second-order valence-electron chi connectivity index (χ2n) is 6.93. The number of carbonyl (C=O) groups is 2. The van der Waals surface area contributed by atoms with E-state index in [1.807, 2.05) is 56.3 Å². The smallest absolute Gasteiger partial charge is 0.257 e. The van der Waals surface area contributed by atoms with Crippen LogP contribution in [0.25, 0.3) is 0 Å². The predicted molar refractivity (Wildman–Crippen MR) is 112 cm³/mol. The molecule has 0 unspecified atom stereocenters. The summed E-state index contributed by atoms with van der Waals surface area (Å²) >= 11 is 0. The number of benzene rings is 2. The van der Waals surface area contributed by atoms with Crippen molar-refractivity contribution >= 4 is 17.5 Å². The Labute approximate surface area is 169 Å². The van der Waals surface area contributed by atoms with E-state index in [0.29, 0.717) is 35.2 Å². The van der Waals surface area contributed by atoms with Crippen LogP contribution in [0.5, 0.6) is 11.5 Å². The van der Waals surface area contributed by atoms with Gasteiger partial charge in [0.25, 0.3) is 11.8 Å². The second-order valence-corrected chi connectivity index (χ2v) is 6.93. The number of para-hydroxylation sites is 3. The number of hydrogen-bond donors (Lipinski definition) is 2. The van der Waals surface area contributed by atoms with E-state index >= 15 is 0 Å². The minimum absolute atomic E-state index is 0.256. The first-order chi connectivity index (χ1) is 14.0. The number of amides is 2. The SMILES string of the molecule is CC(C)CNC(=O)c1cncc(C(=O)Nc2ccccc2Oc2ccccc2)c1. The topological polar surface area (TPSA) is 80.3 Å². The van der Waals surface area contributed by atoms with E-state index in [0.717, 1.165) is 0 Å². The van der Waals surface area contributed by atoms with Crippen LogP contribution in [-0.4, -0.2) is 23.3 Å². The second kappa shape index (κ2) is 9.50. The first-order valence-electron chi connectivity index (χ1n) is 9.39. The number of pyridine rings is 1. The largest absolute Gasteiger partial charge is 0.455 e. The molecule has 3 rings (SSSR count). The van der Waals surface area contributed by atoms with Crippen LogP contribution in [0, 0.1) is 5.92 Å². The van der Waals surface area contributed by atoms with E-state index in [1.54, 1.807) is 12.1 Å². The number of hydrogen-bond acceptors (Lipinski definition) is 4. The molecule has 0 aliphatic heterocycles. The van der Waals surface area contributed by atoms with Gasteiger partial charge in [0.05, 0.1) is 16.8 Å². The van der Waals surface area contributed by atoms with Gasteiger partial charge >= 0.3 is 0 Å². The van der Waals surface area contributed by atoms with Gasteiger partial charge in [-0.25, -0.2) is 0 Å². The molecule has 3 aromatic rings. The fourth-order valence-corrected chi connectivity index (χ4v) is 2.56. The average molecular weight is 389 g/mol. The molecule has 29 heavy (non-hydrogen) atoms. The Morgan fingerprint density at radius 1 is 0.931 bits per heavy atom. The molecule has 2 aromatic carbocycles. The summed E-state index contributed by atoms with van der Waals surface area (Å²) in [5.74, 6) is 0.888. The van der Waals surface area contributed by atoms with Gasteiger partial charge in [-0.1, -0.05) is 44.2 Å². The quantitative estimate of drug-likeness (QED) is 0.623. The molecule has 0 fully saturated rings. The monoisotopic (exact) mass is 389 g/mol. The summed E-state index contributed by atoms with van der Waals surface area (Å²) in [7, 11) is 0. The van der Waals surface area contributed by atoms with Gasteiger partial charge in [0.1, 0.15) is 5.75 Å². The minimum Gasteiger partial charge on any atom is -0.455 e. The number of carbonyl (C=O) groups excluding carboxylic acids is 2. The van der Waals surface area contributed by atoms with E-state index in [4.69, 9.17) is 4.74 Å². The molecule has 0 radical (unpaired) electrons. The molecule has 2 amide bonds. The van der Waals surface area contributed by atoms with Crippen molar-refractivity contribution < 1.29 is 14.3 Å². The molecule has 6 nitrogen and oxygen atoms in total. The summed E-state index contributed by atoms with van der Waals surface area (Å²) in [6, 6.07) is 18.0. The van der Waals surface area contributed by atoms with Gasteiger partial charge in [0, 0.05) is 18.9 Å². The Morgan fingerprint density at radius 3 is 2.31 bits per heavy atom. The first kappa shape index (κ1) is 20.1. The number of ether oxygens (including phenoxy) is 1. The Kier molecular flexibility index (Phi) is 6.58. The van der Waals surface area contributed by atoms with Gasteiger partial charge in [-0.15, -0.1) is 0 Å². The van der Waals surface area contributed by atoms with Crippen LogP contribution >= 0.6 is 0 Å². The number of nitrogens with one attached hydrogen (secondary N) is 2.